The molecule has 0 atom stereocenters. The molecule has 26 heavy (non-hydrogen) atoms. The summed E-state index contributed by atoms with van der Waals surface area (Å²) in [6, 6.07) is 13.0. The van der Waals surface area contributed by atoms with Gasteiger partial charge in [0.15, 0.2) is 0 Å². The molecule has 10 heteroatoms. The van der Waals surface area contributed by atoms with E-state index in [4.69, 9.17) is 8.37 Å². The highest BCUT2D eigenvalue weighted by molar-refractivity contribution is 7.84. The standard InChI is InChI=1S/C16H20N2O6S2/c1-17(2)25(19,20)23-15-9-5-13(6-10-15)14-7-11-16(12-8-14)24-26(21,22)18(3)4/h5-12H,1-4H3. The summed E-state index contributed by atoms with van der Waals surface area (Å²) >= 11 is 0. The molecule has 0 aliphatic carbocycles. The fourth-order valence-corrected chi connectivity index (χ4v) is 2.80. The SMILES string of the molecule is CN(C)S(=O)(=O)Oc1ccc(-c2ccc(OS(=O)(=O)N(C)C)cc2)cc1. The van der Waals surface area contributed by atoms with Gasteiger partial charge in [-0.2, -0.15) is 25.4 Å². The third-order valence-corrected chi connectivity index (χ3v) is 5.93. The first kappa shape index (κ1) is 20.2. The van der Waals surface area contributed by atoms with Gasteiger partial charge in [-0.15, -0.1) is 0 Å². The Labute approximate surface area is 154 Å². The molecule has 0 spiro atoms. The van der Waals surface area contributed by atoms with Crippen molar-refractivity contribution in [1.82, 2.24) is 8.61 Å². The fourth-order valence-electron chi connectivity index (χ4n) is 1.80. The zero-order valence-corrected chi connectivity index (χ0v) is 16.4. The number of hydrogen-bond acceptors (Lipinski definition) is 6. The topological polar surface area (TPSA) is 93.2 Å². The van der Waals surface area contributed by atoms with E-state index in [2.05, 4.69) is 0 Å². The maximum absolute atomic E-state index is 11.7. The average Bonchev–Trinajstić information content (AvgIpc) is 2.55. The molecule has 0 fully saturated rings. The van der Waals surface area contributed by atoms with Crippen LogP contribution in [0, 0.1) is 0 Å². The van der Waals surface area contributed by atoms with E-state index in [0.29, 0.717) is 0 Å². The molecule has 2 aromatic carbocycles. The molecule has 0 N–H and O–H groups in total. The van der Waals surface area contributed by atoms with E-state index in [1.54, 1.807) is 24.3 Å². The smallest absolute Gasteiger partial charge is 0.371 e. The van der Waals surface area contributed by atoms with Crippen LogP contribution < -0.4 is 8.37 Å². The number of hydrogen-bond donors (Lipinski definition) is 0. The number of rotatable bonds is 7. The predicted octanol–water partition coefficient (Wildman–Crippen LogP) is 1.72. The highest BCUT2D eigenvalue weighted by Gasteiger charge is 2.16. The van der Waals surface area contributed by atoms with E-state index in [1.807, 2.05) is 0 Å². The molecule has 0 aliphatic heterocycles. The van der Waals surface area contributed by atoms with E-state index in [1.165, 1.54) is 52.5 Å². The zero-order chi connectivity index (χ0) is 19.5. The summed E-state index contributed by atoms with van der Waals surface area (Å²) in [6.45, 7) is 0. The van der Waals surface area contributed by atoms with E-state index < -0.39 is 20.6 Å². The Bertz CT molecular complexity index is 869. The van der Waals surface area contributed by atoms with Gasteiger partial charge in [0, 0.05) is 28.2 Å². The Morgan fingerprint density at radius 2 is 0.846 bits per heavy atom. The van der Waals surface area contributed by atoms with Crippen LogP contribution in [0.2, 0.25) is 0 Å². The molecule has 0 amide bonds. The van der Waals surface area contributed by atoms with E-state index in [0.717, 1.165) is 19.7 Å². The molecule has 0 bridgehead atoms. The largest absolute Gasteiger partial charge is 0.384 e. The maximum atomic E-state index is 11.7. The normalized spacial score (nSPS) is 12.4. The Hall–Kier alpha value is -2.14. The van der Waals surface area contributed by atoms with Crippen molar-refractivity contribution in [2.24, 2.45) is 0 Å². The van der Waals surface area contributed by atoms with Gasteiger partial charge < -0.3 is 8.37 Å². The van der Waals surface area contributed by atoms with Gasteiger partial charge in [-0.1, -0.05) is 24.3 Å². The lowest BCUT2D eigenvalue weighted by molar-refractivity contribution is 0.420. The Balaban J connectivity index is 2.15. The van der Waals surface area contributed by atoms with Gasteiger partial charge >= 0.3 is 20.6 Å². The summed E-state index contributed by atoms with van der Waals surface area (Å²) in [5, 5.41) is 0. The van der Waals surface area contributed by atoms with Crippen LogP contribution in [0.15, 0.2) is 48.5 Å². The van der Waals surface area contributed by atoms with Gasteiger partial charge in [0.1, 0.15) is 11.5 Å². The van der Waals surface area contributed by atoms with Crippen molar-refractivity contribution >= 4 is 20.6 Å². The second kappa shape index (κ2) is 7.62. The molecule has 0 saturated carbocycles. The van der Waals surface area contributed by atoms with Crippen molar-refractivity contribution in [1.29, 1.82) is 0 Å². The lowest BCUT2D eigenvalue weighted by Crippen LogP contribution is -2.27. The second-order valence-electron chi connectivity index (χ2n) is 5.70. The Kier molecular flexibility index (Phi) is 5.91. The molecule has 0 saturated heterocycles. The summed E-state index contributed by atoms with van der Waals surface area (Å²) in [7, 11) is -2.09. The van der Waals surface area contributed by atoms with Gasteiger partial charge in [-0.3, -0.25) is 0 Å². The van der Waals surface area contributed by atoms with E-state index >= 15 is 0 Å². The highest BCUT2D eigenvalue weighted by Crippen LogP contribution is 2.26. The first-order valence-corrected chi connectivity index (χ1v) is 10.2. The molecule has 2 aromatic rings. The molecule has 0 aliphatic rings. The van der Waals surface area contributed by atoms with Crippen LogP contribution in [0.4, 0.5) is 0 Å². The lowest BCUT2D eigenvalue weighted by Gasteiger charge is -2.13. The summed E-state index contributed by atoms with van der Waals surface area (Å²) in [4.78, 5) is 0. The molecule has 0 radical (unpaired) electrons. The monoisotopic (exact) mass is 400 g/mol. The minimum absolute atomic E-state index is 0.194. The first-order chi connectivity index (χ1) is 12.0. The molecule has 0 heterocycles. The van der Waals surface area contributed by atoms with Crippen LogP contribution in [0.1, 0.15) is 0 Å². The van der Waals surface area contributed by atoms with Crippen LogP contribution in [0.25, 0.3) is 11.1 Å². The van der Waals surface area contributed by atoms with Crippen LogP contribution in [-0.4, -0.2) is 53.6 Å². The molecule has 2 rings (SSSR count). The summed E-state index contributed by atoms with van der Waals surface area (Å²) in [6.07, 6.45) is 0. The zero-order valence-electron chi connectivity index (χ0n) is 14.8. The molecular weight excluding hydrogens is 380 g/mol. The maximum Gasteiger partial charge on any atom is 0.384 e. The molecule has 0 aromatic heterocycles. The van der Waals surface area contributed by atoms with Crippen molar-refractivity contribution in [3.05, 3.63) is 48.5 Å². The van der Waals surface area contributed by atoms with Crippen LogP contribution in [0.3, 0.4) is 0 Å². The van der Waals surface area contributed by atoms with Crippen LogP contribution >= 0.6 is 0 Å². The predicted molar refractivity (Wildman–Crippen MR) is 98.3 cm³/mol. The summed E-state index contributed by atoms with van der Waals surface area (Å²) < 4.78 is 58.6. The second-order valence-corrected chi connectivity index (χ2v) is 9.20. The molecule has 8 nitrogen and oxygen atoms in total. The first-order valence-electron chi connectivity index (χ1n) is 7.45. The van der Waals surface area contributed by atoms with Gasteiger partial charge in [-0.05, 0) is 35.4 Å². The van der Waals surface area contributed by atoms with Crippen LogP contribution in [-0.2, 0) is 20.6 Å². The summed E-state index contributed by atoms with van der Waals surface area (Å²) in [5.74, 6) is 0.388. The van der Waals surface area contributed by atoms with Crippen LogP contribution in [0.5, 0.6) is 11.5 Å². The van der Waals surface area contributed by atoms with Gasteiger partial charge in [0.05, 0.1) is 0 Å². The minimum Gasteiger partial charge on any atom is -0.371 e. The quantitative estimate of drug-likeness (QED) is 0.703. The van der Waals surface area contributed by atoms with E-state index in [9.17, 15) is 16.8 Å². The average molecular weight is 400 g/mol. The Morgan fingerprint density at radius 3 is 1.08 bits per heavy atom. The highest BCUT2D eigenvalue weighted by atomic mass is 32.2. The molecular formula is C16H20N2O6S2. The van der Waals surface area contributed by atoms with Gasteiger partial charge in [0.25, 0.3) is 0 Å². The summed E-state index contributed by atoms with van der Waals surface area (Å²) in [5.41, 5.74) is 1.61. The lowest BCUT2D eigenvalue weighted by atomic mass is 10.1. The van der Waals surface area contributed by atoms with Gasteiger partial charge in [0.2, 0.25) is 0 Å². The fraction of sp³-hybridized carbons (Fsp3) is 0.250. The van der Waals surface area contributed by atoms with Crippen molar-refractivity contribution in [3.63, 3.8) is 0 Å². The number of nitrogens with zero attached hydrogens (tertiary/aromatic N) is 2. The van der Waals surface area contributed by atoms with E-state index in [-0.39, 0.29) is 11.5 Å². The molecule has 142 valence electrons. The van der Waals surface area contributed by atoms with Crippen molar-refractivity contribution < 1.29 is 25.2 Å². The number of benzene rings is 2. The minimum atomic E-state index is -3.80. The Morgan fingerprint density at radius 1 is 0.577 bits per heavy atom. The van der Waals surface area contributed by atoms with Crippen molar-refractivity contribution in [2.75, 3.05) is 28.2 Å². The third kappa shape index (κ3) is 4.94. The van der Waals surface area contributed by atoms with Crippen molar-refractivity contribution in [3.8, 4) is 22.6 Å². The van der Waals surface area contributed by atoms with Gasteiger partial charge in [-0.25, -0.2) is 0 Å². The third-order valence-electron chi connectivity index (χ3n) is 3.34. The molecule has 0 unspecified atom stereocenters. The van der Waals surface area contributed by atoms with Crippen molar-refractivity contribution in [2.45, 2.75) is 0 Å².